The van der Waals surface area contributed by atoms with Crippen LogP contribution in [0.1, 0.15) is 24.2 Å². The first-order valence-electron chi connectivity index (χ1n) is 6.40. The highest BCUT2D eigenvalue weighted by Gasteiger charge is 2.10. The van der Waals surface area contributed by atoms with E-state index in [1.165, 1.54) is 24.3 Å². The minimum atomic E-state index is -3.32. The number of benzene rings is 1. The van der Waals surface area contributed by atoms with Crippen molar-refractivity contribution in [1.82, 2.24) is 10.6 Å². The maximum Gasteiger partial charge on any atom is 0.256 e. The van der Waals surface area contributed by atoms with Crippen LogP contribution in [-0.4, -0.2) is 40.0 Å². The molecule has 0 aliphatic rings. The average molecular weight is 314 g/mol. The van der Waals surface area contributed by atoms with Crippen molar-refractivity contribution in [2.45, 2.75) is 18.7 Å². The standard InChI is InChI=1S/C9H11N3O3S.C4H11N/c1-16(14,15)8-4-2-3-7(5-8)9(13)11-6-12-10;1-3-5-4-2/h2-6H,10H2,1H3,(H,11,12,13);5H,3-4H2,1-2H3. The Balaban J connectivity index is 0.000000690. The topological polar surface area (TPSA) is 114 Å². The van der Waals surface area contributed by atoms with Gasteiger partial charge in [0, 0.05) is 11.8 Å². The Morgan fingerprint density at radius 2 is 1.95 bits per heavy atom. The van der Waals surface area contributed by atoms with Crippen LogP contribution in [0.25, 0.3) is 0 Å². The lowest BCUT2D eigenvalue weighted by Gasteiger charge is -2.02. The van der Waals surface area contributed by atoms with Gasteiger partial charge in [-0.25, -0.2) is 8.42 Å². The minimum absolute atomic E-state index is 0.0878. The Bertz CT molecular complexity index is 569. The molecule has 4 N–H and O–H groups in total. The predicted molar refractivity (Wildman–Crippen MR) is 83.9 cm³/mol. The zero-order valence-corrected chi connectivity index (χ0v) is 13.3. The number of nitrogens with two attached hydrogens (primary N) is 1. The second-order valence-electron chi connectivity index (χ2n) is 4.01. The number of hydrogen-bond donors (Lipinski definition) is 3. The normalized spacial score (nSPS) is 10.8. The Hall–Kier alpha value is -1.93. The molecule has 7 nitrogen and oxygen atoms in total. The largest absolute Gasteiger partial charge is 0.322 e. The van der Waals surface area contributed by atoms with Gasteiger partial charge in [0.15, 0.2) is 9.84 Å². The van der Waals surface area contributed by atoms with Crippen molar-refractivity contribution < 1.29 is 13.2 Å². The molecule has 0 saturated heterocycles. The molecule has 0 unspecified atom stereocenters. The lowest BCUT2D eigenvalue weighted by Crippen LogP contribution is -2.22. The molecule has 0 spiro atoms. The monoisotopic (exact) mass is 314 g/mol. The third-order valence-electron chi connectivity index (χ3n) is 2.29. The number of nitrogens with one attached hydrogen (secondary N) is 2. The number of amides is 1. The summed E-state index contributed by atoms with van der Waals surface area (Å²) < 4.78 is 22.5. The molecule has 0 aliphatic carbocycles. The summed E-state index contributed by atoms with van der Waals surface area (Å²) >= 11 is 0. The molecule has 0 aliphatic heterocycles. The van der Waals surface area contributed by atoms with Crippen LogP contribution in [-0.2, 0) is 9.84 Å². The van der Waals surface area contributed by atoms with E-state index >= 15 is 0 Å². The molecular weight excluding hydrogens is 292 g/mol. The predicted octanol–water partition coefficient (Wildman–Crippen LogP) is 0.338. The smallest absolute Gasteiger partial charge is 0.256 e. The number of sulfone groups is 1. The quantitative estimate of drug-likeness (QED) is 0.314. The fourth-order valence-electron chi connectivity index (χ4n) is 1.30. The second-order valence-corrected chi connectivity index (χ2v) is 6.02. The number of carbonyl (C=O) groups is 1. The van der Waals surface area contributed by atoms with Crippen LogP contribution in [0, 0.1) is 0 Å². The van der Waals surface area contributed by atoms with E-state index in [9.17, 15) is 13.2 Å². The Morgan fingerprint density at radius 3 is 2.38 bits per heavy atom. The number of hydrogen-bond acceptors (Lipinski definition) is 6. The Kier molecular flexibility index (Phi) is 8.98. The molecule has 8 heteroatoms. The third-order valence-corrected chi connectivity index (χ3v) is 3.40. The van der Waals surface area contributed by atoms with E-state index in [0.717, 1.165) is 25.7 Å². The van der Waals surface area contributed by atoms with Crippen molar-refractivity contribution in [3.8, 4) is 0 Å². The van der Waals surface area contributed by atoms with E-state index in [0.29, 0.717) is 0 Å². The van der Waals surface area contributed by atoms with Crippen molar-refractivity contribution in [3.63, 3.8) is 0 Å². The van der Waals surface area contributed by atoms with Crippen molar-refractivity contribution >= 4 is 22.1 Å². The average Bonchev–Trinajstić information content (AvgIpc) is 2.45. The summed E-state index contributed by atoms with van der Waals surface area (Å²) in [7, 11) is -3.32. The van der Waals surface area contributed by atoms with Crippen molar-refractivity contribution in [1.29, 1.82) is 0 Å². The molecule has 0 aromatic heterocycles. The van der Waals surface area contributed by atoms with Gasteiger partial charge in [-0.05, 0) is 31.3 Å². The summed E-state index contributed by atoms with van der Waals surface area (Å²) in [6.45, 7) is 6.39. The van der Waals surface area contributed by atoms with Crippen LogP contribution >= 0.6 is 0 Å². The van der Waals surface area contributed by atoms with Crippen LogP contribution in [0.3, 0.4) is 0 Å². The fourth-order valence-corrected chi connectivity index (χ4v) is 1.96. The van der Waals surface area contributed by atoms with Crippen LogP contribution in [0.2, 0.25) is 0 Å². The Labute approximate surface area is 125 Å². The lowest BCUT2D eigenvalue weighted by atomic mass is 10.2. The molecule has 1 rings (SSSR count). The molecule has 21 heavy (non-hydrogen) atoms. The van der Waals surface area contributed by atoms with Gasteiger partial charge in [-0.2, -0.15) is 5.10 Å². The summed E-state index contributed by atoms with van der Waals surface area (Å²) in [6.07, 6.45) is 2.10. The zero-order valence-electron chi connectivity index (χ0n) is 12.5. The van der Waals surface area contributed by atoms with E-state index in [1.54, 1.807) is 0 Å². The van der Waals surface area contributed by atoms with Crippen LogP contribution in [0.15, 0.2) is 34.3 Å². The van der Waals surface area contributed by atoms with Gasteiger partial charge in [-0.1, -0.05) is 19.9 Å². The van der Waals surface area contributed by atoms with E-state index in [-0.39, 0.29) is 10.5 Å². The van der Waals surface area contributed by atoms with Crippen LogP contribution < -0.4 is 16.5 Å². The van der Waals surface area contributed by atoms with E-state index in [1.807, 2.05) is 0 Å². The van der Waals surface area contributed by atoms with Crippen molar-refractivity contribution in [2.75, 3.05) is 19.3 Å². The van der Waals surface area contributed by atoms with Gasteiger partial charge in [-0.3, -0.25) is 4.79 Å². The number of carbonyl (C=O) groups excluding carboxylic acids is 1. The van der Waals surface area contributed by atoms with Crippen molar-refractivity contribution in [3.05, 3.63) is 29.8 Å². The molecule has 0 fully saturated rings. The maximum atomic E-state index is 11.4. The van der Waals surface area contributed by atoms with E-state index in [4.69, 9.17) is 5.84 Å². The van der Waals surface area contributed by atoms with E-state index in [2.05, 4.69) is 29.6 Å². The summed E-state index contributed by atoms with van der Waals surface area (Å²) in [4.78, 5) is 11.5. The number of hydrazone groups is 1. The molecule has 0 heterocycles. The lowest BCUT2D eigenvalue weighted by molar-refractivity contribution is 0.0978. The molecule has 1 aromatic carbocycles. The number of nitrogens with zero attached hydrogens (tertiary/aromatic N) is 1. The van der Waals surface area contributed by atoms with Crippen LogP contribution in [0.4, 0.5) is 0 Å². The van der Waals surface area contributed by atoms with Gasteiger partial charge >= 0.3 is 0 Å². The summed E-state index contributed by atoms with van der Waals surface area (Å²) in [5.41, 5.74) is 0.225. The van der Waals surface area contributed by atoms with Crippen molar-refractivity contribution in [2.24, 2.45) is 10.9 Å². The third kappa shape index (κ3) is 8.05. The summed E-state index contributed by atoms with van der Waals surface area (Å²) in [5, 5.41) is 8.49. The molecule has 0 radical (unpaired) electrons. The van der Waals surface area contributed by atoms with Gasteiger partial charge < -0.3 is 16.5 Å². The van der Waals surface area contributed by atoms with Crippen LogP contribution in [0.5, 0.6) is 0 Å². The Morgan fingerprint density at radius 1 is 1.33 bits per heavy atom. The molecule has 0 atom stereocenters. The van der Waals surface area contributed by atoms with Gasteiger partial charge in [0.1, 0.15) is 6.34 Å². The summed E-state index contributed by atoms with van der Waals surface area (Å²) in [5.74, 6) is 4.34. The first-order chi connectivity index (χ1) is 9.86. The molecule has 0 bridgehead atoms. The van der Waals surface area contributed by atoms with Gasteiger partial charge in [0.2, 0.25) is 0 Å². The molecule has 118 valence electrons. The van der Waals surface area contributed by atoms with Gasteiger partial charge in [0.05, 0.1) is 4.90 Å². The highest BCUT2D eigenvalue weighted by Crippen LogP contribution is 2.10. The highest BCUT2D eigenvalue weighted by atomic mass is 32.2. The van der Waals surface area contributed by atoms with E-state index < -0.39 is 15.7 Å². The molecule has 1 amide bonds. The highest BCUT2D eigenvalue weighted by molar-refractivity contribution is 7.90. The molecule has 0 saturated carbocycles. The molecule has 1 aromatic rings. The number of rotatable bonds is 5. The fraction of sp³-hybridized carbons (Fsp3) is 0.385. The first kappa shape index (κ1) is 19.1. The second kappa shape index (κ2) is 9.89. The molecular formula is C13H22N4O3S. The first-order valence-corrected chi connectivity index (χ1v) is 8.29. The summed E-state index contributed by atoms with van der Waals surface area (Å²) in [6, 6.07) is 5.69. The van der Waals surface area contributed by atoms with Gasteiger partial charge in [0.25, 0.3) is 5.91 Å². The SMILES string of the molecule is CCNCC.CS(=O)(=O)c1cccc(C(=O)NC=NN)c1. The minimum Gasteiger partial charge on any atom is -0.322 e. The maximum absolute atomic E-state index is 11.4. The zero-order chi connectivity index (χ0) is 16.3. The van der Waals surface area contributed by atoms with Gasteiger partial charge in [-0.15, -0.1) is 0 Å².